The van der Waals surface area contributed by atoms with E-state index >= 15 is 0 Å². The molecule has 0 spiro atoms. The predicted molar refractivity (Wildman–Crippen MR) is 123 cm³/mol. The lowest BCUT2D eigenvalue weighted by molar-refractivity contribution is 0.0951. The molecule has 0 aliphatic carbocycles. The second-order valence-electron chi connectivity index (χ2n) is 7.70. The molecule has 0 atom stereocenters. The standard InChI is InChI=1S/C25H29N3O2/c1-30-24-11-9-23(10-12-24)28-17-15-27(16-18-28)14-4-13-26-25(29)22-8-7-20-5-2-3-6-21(20)19-22/h2-3,5-12,19H,4,13-18H2,1H3,(H,26,29). The number of carbonyl (C=O) groups is 1. The van der Waals surface area contributed by atoms with Gasteiger partial charge in [-0.15, -0.1) is 0 Å². The number of methoxy groups -OCH3 is 1. The van der Waals surface area contributed by atoms with Crippen molar-refractivity contribution in [2.75, 3.05) is 51.3 Å². The van der Waals surface area contributed by atoms with E-state index in [1.165, 1.54) is 5.69 Å². The molecule has 3 aromatic carbocycles. The quantitative estimate of drug-likeness (QED) is 0.610. The second kappa shape index (κ2) is 9.63. The summed E-state index contributed by atoms with van der Waals surface area (Å²) in [6, 6.07) is 22.2. The van der Waals surface area contributed by atoms with Crippen molar-refractivity contribution in [3.8, 4) is 5.75 Å². The first-order valence-electron chi connectivity index (χ1n) is 10.6. The molecule has 5 heteroatoms. The van der Waals surface area contributed by atoms with Crippen LogP contribution in [0.3, 0.4) is 0 Å². The molecule has 0 aromatic heterocycles. The van der Waals surface area contributed by atoms with E-state index in [2.05, 4.69) is 33.3 Å². The number of ether oxygens (including phenoxy) is 1. The second-order valence-corrected chi connectivity index (χ2v) is 7.70. The number of amides is 1. The SMILES string of the molecule is COc1ccc(N2CCN(CCCNC(=O)c3ccc4ccccc4c3)CC2)cc1. The van der Waals surface area contributed by atoms with Crippen molar-refractivity contribution in [1.82, 2.24) is 10.2 Å². The normalized spacial score (nSPS) is 14.6. The van der Waals surface area contributed by atoms with Crippen LogP contribution in [0.2, 0.25) is 0 Å². The molecule has 30 heavy (non-hydrogen) atoms. The van der Waals surface area contributed by atoms with Crippen LogP contribution in [0, 0.1) is 0 Å². The summed E-state index contributed by atoms with van der Waals surface area (Å²) >= 11 is 0. The Hall–Kier alpha value is -3.05. The number of hydrogen-bond acceptors (Lipinski definition) is 4. The fourth-order valence-corrected chi connectivity index (χ4v) is 3.96. The largest absolute Gasteiger partial charge is 0.497 e. The van der Waals surface area contributed by atoms with Crippen molar-refractivity contribution in [2.24, 2.45) is 0 Å². The molecule has 1 heterocycles. The van der Waals surface area contributed by atoms with Crippen LogP contribution < -0.4 is 15.0 Å². The van der Waals surface area contributed by atoms with Crippen molar-refractivity contribution in [3.05, 3.63) is 72.3 Å². The average molecular weight is 404 g/mol. The van der Waals surface area contributed by atoms with Crippen LogP contribution in [0.5, 0.6) is 5.75 Å². The van der Waals surface area contributed by atoms with E-state index in [0.29, 0.717) is 6.54 Å². The van der Waals surface area contributed by atoms with Crippen LogP contribution in [-0.2, 0) is 0 Å². The van der Waals surface area contributed by atoms with Gasteiger partial charge in [-0.2, -0.15) is 0 Å². The minimum Gasteiger partial charge on any atom is -0.497 e. The van der Waals surface area contributed by atoms with E-state index < -0.39 is 0 Å². The zero-order valence-corrected chi connectivity index (χ0v) is 17.5. The van der Waals surface area contributed by atoms with E-state index in [0.717, 1.165) is 61.2 Å². The van der Waals surface area contributed by atoms with Crippen LogP contribution in [0.25, 0.3) is 10.8 Å². The van der Waals surface area contributed by atoms with Gasteiger partial charge >= 0.3 is 0 Å². The number of nitrogens with one attached hydrogen (secondary N) is 1. The van der Waals surface area contributed by atoms with Gasteiger partial charge in [-0.05, 0) is 60.1 Å². The molecule has 0 unspecified atom stereocenters. The maximum atomic E-state index is 12.4. The lowest BCUT2D eigenvalue weighted by Crippen LogP contribution is -2.47. The number of rotatable bonds is 7. The smallest absolute Gasteiger partial charge is 0.251 e. The number of carbonyl (C=O) groups excluding carboxylic acids is 1. The molecule has 1 aliphatic rings. The number of piperazine rings is 1. The van der Waals surface area contributed by atoms with Gasteiger partial charge in [0.2, 0.25) is 0 Å². The molecule has 1 amide bonds. The number of anilines is 1. The van der Waals surface area contributed by atoms with Crippen LogP contribution in [0.1, 0.15) is 16.8 Å². The minimum absolute atomic E-state index is 0.00470. The molecule has 0 bridgehead atoms. The molecular weight excluding hydrogens is 374 g/mol. The summed E-state index contributed by atoms with van der Waals surface area (Å²) in [6.07, 6.45) is 0.960. The molecule has 0 radical (unpaired) electrons. The van der Waals surface area contributed by atoms with E-state index in [9.17, 15) is 4.79 Å². The topological polar surface area (TPSA) is 44.8 Å². The fraction of sp³-hybridized carbons (Fsp3) is 0.320. The number of benzene rings is 3. The van der Waals surface area contributed by atoms with Crippen molar-refractivity contribution in [1.29, 1.82) is 0 Å². The van der Waals surface area contributed by atoms with E-state index in [4.69, 9.17) is 4.74 Å². The Bertz CT molecular complexity index is 979. The van der Waals surface area contributed by atoms with Crippen molar-refractivity contribution in [3.63, 3.8) is 0 Å². The predicted octanol–water partition coefficient (Wildman–Crippen LogP) is 3.79. The van der Waals surface area contributed by atoms with Gasteiger partial charge in [-0.3, -0.25) is 9.69 Å². The highest BCUT2D eigenvalue weighted by Crippen LogP contribution is 2.20. The van der Waals surface area contributed by atoms with Gasteiger partial charge in [-0.1, -0.05) is 30.3 Å². The van der Waals surface area contributed by atoms with Crippen LogP contribution in [0.15, 0.2) is 66.7 Å². The monoisotopic (exact) mass is 403 g/mol. The highest BCUT2D eigenvalue weighted by atomic mass is 16.5. The van der Waals surface area contributed by atoms with Crippen molar-refractivity contribution in [2.45, 2.75) is 6.42 Å². The van der Waals surface area contributed by atoms with Crippen LogP contribution in [0.4, 0.5) is 5.69 Å². The first-order chi connectivity index (χ1) is 14.7. The van der Waals surface area contributed by atoms with Crippen molar-refractivity contribution < 1.29 is 9.53 Å². The number of hydrogen-bond donors (Lipinski definition) is 1. The van der Waals surface area contributed by atoms with Gasteiger partial charge in [0.15, 0.2) is 0 Å². The third-order valence-corrected chi connectivity index (χ3v) is 5.76. The first-order valence-corrected chi connectivity index (χ1v) is 10.6. The molecule has 1 saturated heterocycles. The Balaban J connectivity index is 1.18. The lowest BCUT2D eigenvalue weighted by atomic mass is 10.1. The maximum absolute atomic E-state index is 12.4. The Morgan fingerprint density at radius 3 is 2.40 bits per heavy atom. The fourth-order valence-electron chi connectivity index (χ4n) is 3.96. The van der Waals surface area contributed by atoms with Gasteiger partial charge in [0.05, 0.1) is 7.11 Å². The summed E-state index contributed by atoms with van der Waals surface area (Å²) in [5.74, 6) is 0.896. The van der Waals surface area contributed by atoms with Gasteiger partial charge < -0.3 is 15.0 Å². The third-order valence-electron chi connectivity index (χ3n) is 5.76. The van der Waals surface area contributed by atoms with Crippen LogP contribution in [-0.4, -0.2) is 57.2 Å². The molecular formula is C25H29N3O2. The number of nitrogens with zero attached hydrogens (tertiary/aromatic N) is 2. The molecule has 0 saturated carbocycles. The summed E-state index contributed by atoms with van der Waals surface area (Å²) < 4.78 is 5.24. The molecule has 4 rings (SSSR count). The molecule has 1 fully saturated rings. The Kier molecular flexibility index (Phi) is 6.50. The highest BCUT2D eigenvalue weighted by Gasteiger charge is 2.17. The summed E-state index contributed by atoms with van der Waals surface area (Å²) in [5, 5.41) is 5.31. The minimum atomic E-state index is 0.00470. The molecule has 1 N–H and O–H groups in total. The number of fused-ring (bicyclic) bond motifs is 1. The maximum Gasteiger partial charge on any atom is 0.251 e. The van der Waals surface area contributed by atoms with E-state index in [1.807, 2.05) is 48.5 Å². The molecule has 5 nitrogen and oxygen atoms in total. The van der Waals surface area contributed by atoms with E-state index in [1.54, 1.807) is 7.11 Å². The van der Waals surface area contributed by atoms with Gasteiger partial charge in [0, 0.05) is 44.0 Å². The highest BCUT2D eigenvalue weighted by molar-refractivity contribution is 5.98. The summed E-state index contributed by atoms with van der Waals surface area (Å²) in [7, 11) is 1.69. The van der Waals surface area contributed by atoms with Crippen molar-refractivity contribution >= 4 is 22.4 Å². The van der Waals surface area contributed by atoms with Gasteiger partial charge in [0.25, 0.3) is 5.91 Å². The van der Waals surface area contributed by atoms with E-state index in [-0.39, 0.29) is 5.91 Å². The first kappa shape index (κ1) is 20.2. The van der Waals surface area contributed by atoms with Crippen LogP contribution >= 0.6 is 0 Å². The zero-order valence-electron chi connectivity index (χ0n) is 17.5. The Morgan fingerprint density at radius 2 is 1.67 bits per heavy atom. The summed E-state index contributed by atoms with van der Waals surface area (Å²) in [6.45, 7) is 5.85. The van der Waals surface area contributed by atoms with Gasteiger partial charge in [-0.25, -0.2) is 0 Å². The Morgan fingerprint density at radius 1 is 0.933 bits per heavy atom. The zero-order chi connectivity index (χ0) is 20.8. The molecule has 1 aliphatic heterocycles. The summed E-state index contributed by atoms with van der Waals surface area (Å²) in [4.78, 5) is 17.3. The Labute approximate surface area is 178 Å². The average Bonchev–Trinajstić information content (AvgIpc) is 2.82. The van der Waals surface area contributed by atoms with Gasteiger partial charge in [0.1, 0.15) is 5.75 Å². The molecule has 156 valence electrons. The molecule has 3 aromatic rings. The lowest BCUT2D eigenvalue weighted by Gasteiger charge is -2.36. The summed E-state index contributed by atoms with van der Waals surface area (Å²) in [5.41, 5.74) is 1.97. The third kappa shape index (κ3) is 4.92.